The van der Waals surface area contributed by atoms with Gasteiger partial charge < -0.3 is 62.9 Å². The van der Waals surface area contributed by atoms with E-state index in [1.54, 1.807) is 0 Å². The molecule has 13 nitrogen and oxygen atoms in total. The molecule has 0 aromatic rings. The van der Waals surface area contributed by atoms with Gasteiger partial charge in [0.1, 0.15) is 30.5 Å². The number of phosphoric ester groups is 2. The number of aliphatic hydroxyl groups excluding tert-OH is 4. The Morgan fingerprint density at radius 3 is 2.00 bits per heavy atom. The fourth-order valence-corrected chi connectivity index (χ4v) is 2.43. The van der Waals surface area contributed by atoms with E-state index in [1.165, 1.54) is 0 Å². The Morgan fingerprint density at radius 1 is 1.00 bits per heavy atom. The SMILES string of the molecule is O=P([O-])([O-])OC[C@@H](O)C1O[C@@H](OP(=O)([O-])[O-])C(O)[C@@H](O)[C@@H]1O. The van der Waals surface area contributed by atoms with Crippen molar-refractivity contribution < 1.29 is 62.9 Å². The molecule has 132 valence electrons. The molecule has 6 atom stereocenters. The summed E-state index contributed by atoms with van der Waals surface area (Å²) in [7, 11) is -11.1. The second-order valence-electron chi connectivity index (χ2n) is 4.30. The molecule has 1 saturated heterocycles. The van der Waals surface area contributed by atoms with E-state index in [4.69, 9.17) is 0 Å². The maximum absolute atomic E-state index is 10.5. The van der Waals surface area contributed by atoms with Crippen LogP contribution in [0.15, 0.2) is 0 Å². The monoisotopic (exact) mass is 366 g/mol. The summed E-state index contributed by atoms with van der Waals surface area (Å²) in [6.07, 6.45) is -12.5. The van der Waals surface area contributed by atoms with Crippen LogP contribution < -0.4 is 19.6 Å². The predicted octanol–water partition coefficient (Wildman–Crippen LogP) is -6.15. The minimum Gasteiger partial charge on any atom is -0.790 e. The molecule has 0 aromatic carbocycles. The van der Waals surface area contributed by atoms with Crippen molar-refractivity contribution in [1.82, 2.24) is 0 Å². The van der Waals surface area contributed by atoms with Crippen molar-refractivity contribution in [3.63, 3.8) is 0 Å². The molecule has 1 aliphatic heterocycles. The average Bonchev–Trinajstić information content (AvgIpc) is 2.34. The van der Waals surface area contributed by atoms with Crippen LogP contribution in [0.1, 0.15) is 0 Å². The Labute approximate surface area is 123 Å². The van der Waals surface area contributed by atoms with Crippen molar-refractivity contribution >= 4 is 15.6 Å². The van der Waals surface area contributed by atoms with Crippen LogP contribution in [0.5, 0.6) is 0 Å². The van der Waals surface area contributed by atoms with Crippen LogP contribution in [0.25, 0.3) is 0 Å². The van der Waals surface area contributed by atoms with Gasteiger partial charge in [0.15, 0.2) is 6.29 Å². The van der Waals surface area contributed by atoms with Gasteiger partial charge in [0, 0.05) is 0 Å². The zero-order valence-electron chi connectivity index (χ0n) is 10.5. The molecule has 0 saturated carbocycles. The molecule has 4 N–H and O–H groups in total. The first-order chi connectivity index (χ1) is 9.82. The molecule has 0 amide bonds. The number of hydrogen-bond donors (Lipinski definition) is 4. The maximum atomic E-state index is 10.5. The van der Waals surface area contributed by atoms with Gasteiger partial charge in [0.25, 0.3) is 0 Å². The van der Waals surface area contributed by atoms with Gasteiger partial charge in [-0.2, -0.15) is 0 Å². The van der Waals surface area contributed by atoms with Gasteiger partial charge in [-0.05, 0) is 0 Å². The van der Waals surface area contributed by atoms with E-state index in [0.717, 1.165) is 0 Å². The summed E-state index contributed by atoms with van der Waals surface area (Å²) in [5.74, 6) is 0. The van der Waals surface area contributed by atoms with Crippen LogP contribution in [-0.4, -0.2) is 63.8 Å². The maximum Gasteiger partial charge on any atom is 0.191 e. The van der Waals surface area contributed by atoms with Crippen LogP contribution in [0.3, 0.4) is 0 Å². The summed E-state index contributed by atoms with van der Waals surface area (Å²) in [5, 5.41) is 38.0. The Bertz CT molecular complexity index is 457. The lowest BCUT2D eigenvalue weighted by Gasteiger charge is -2.45. The van der Waals surface area contributed by atoms with Crippen LogP contribution in [0.4, 0.5) is 0 Å². The standard InChI is InChI=1S/C7H16O13P2/c8-2(1-18-21(12,13)14)6-4(10)3(9)5(11)7(19-6)20-22(15,16)17/h2-11H,1H2,(H2,12,13,14)(H2,15,16,17)/p-4/t2-,3+,4+,5?,6?,7+/m1/s1. The molecule has 2 unspecified atom stereocenters. The highest BCUT2D eigenvalue weighted by Gasteiger charge is 2.47. The molecule has 22 heavy (non-hydrogen) atoms. The van der Waals surface area contributed by atoms with Gasteiger partial charge in [-0.1, -0.05) is 0 Å². The van der Waals surface area contributed by atoms with Gasteiger partial charge in [-0.15, -0.1) is 0 Å². The van der Waals surface area contributed by atoms with Crippen molar-refractivity contribution in [3.05, 3.63) is 0 Å². The minimum absolute atomic E-state index is 1.19. The average molecular weight is 366 g/mol. The Balaban J connectivity index is 2.80. The fourth-order valence-electron chi connectivity index (χ4n) is 1.67. The lowest BCUT2D eigenvalue weighted by atomic mass is 9.96. The van der Waals surface area contributed by atoms with E-state index in [0.29, 0.717) is 0 Å². The molecule has 0 radical (unpaired) electrons. The Morgan fingerprint density at radius 2 is 1.55 bits per heavy atom. The summed E-state index contributed by atoms with van der Waals surface area (Å²) in [6.45, 7) is -1.19. The zero-order chi connectivity index (χ0) is 17.3. The molecular formula is C7H12O13P2-4. The van der Waals surface area contributed by atoms with Gasteiger partial charge in [0.2, 0.25) is 0 Å². The van der Waals surface area contributed by atoms with Crippen LogP contribution in [0.2, 0.25) is 0 Å². The highest BCUT2D eigenvalue weighted by atomic mass is 31.2. The molecular weight excluding hydrogens is 354 g/mol. The molecule has 1 aliphatic rings. The second kappa shape index (κ2) is 7.28. The number of hydrogen-bond acceptors (Lipinski definition) is 13. The molecule has 1 rings (SSSR count). The van der Waals surface area contributed by atoms with Crippen molar-refractivity contribution in [2.45, 2.75) is 36.8 Å². The fraction of sp³-hybridized carbons (Fsp3) is 1.00. The van der Waals surface area contributed by atoms with Gasteiger partial charge in [0.05, 0.1) is 22.3 Å². The van der Waals surface area contributed by atoms with E-state index >= 15 is 0 Å². The first kappa shape index (κ1) is 20.1. The molecule has 0 aliphatic carbocycles. The van der Waals surface area contributed by atoms with E-state index in [9.17, 15) is 49.1 Å². The van der Waals surface area contributed by atoms with Gasteiger partial charge >= 0.3 is 0 Å². The zero-order valence-corrected chi connectivity index (χ0v) is 12.3. The summed E-state index contributed by atoms with van der Waals surface area (Å²) in [6, 6.07) is 0. The van der Waals surface area contributed by atoms with Crippen molar-refractivity contribution in [2.75, 3.05) is 6.61 Å². The number of aliphatic hydroxyl groups is 4. The van der Waals surface area contributed by atoms with Crippen LogP contribution >= 0.6 is 15.6 Å². The Hall–Kier alpha value is 0.0200. The quantitative estimate of drug-likeness (QED) is 0.320. The summed E-state index contributed by atoms with van der Waals surface area (Å²) in [5.41, 5.74) is 0. The van der Waals surface area contributed by atoms with E-state index in [2.05, 4.69) is 13.8 Å². The van der Waals surface area contributed by atoms with Crippen molar-refractivity contribution in [1.29, 1.82) is 0 Å². The molecule has 1 fully saturated rings. The molecule has 0 spiro atoms. The largest absolute Gasteiger partial charge is 0.790 e. The third kappa shape index (κ3) is 5.91. The lowest BCUT2D eigenvalue weighted by molar-refractivity contribution is -0.371. The normalized spacial score (nSPS) is 35.4. The highest BCUT2D eigenvalue weighted by Crippen LogP contribution is 2.34. The lowest BCUT2D eigenvalue weighted by Crippen LogP contribution is -2.61. The predicted molar refractivity (Wildman–Crippen MR) is 54.9 cm³/mol. The first-order valence-electron chi connectivity index (χ1n) is 5.56. The molecule has 0 aromatic heterocycles. The third-order valence-corrected chi connectivity index (χ3v) is 3.55. The number of ether oxygens (including phenoxy) is 1. The van der Waals surface area contributed by atoms with Gasteiger partial charge in [-0.25, -0.2) is 0 Å². The van der Waals surface area contributed by atoms with Crippen LogP contribution in [-0.2, 0) is 22.9 Å². The van der Waals surface area contributed by atoms with Gasteiger partial charge in [-0.3, -0.25) is 0 Å². The third-order valence-electron chi connectivity index (χ3n) is 2.62. The first-order valence-corrected chi connectivity index (χ1v) is 8.49. The molecule has 0 bridgehead atoms. The highest BCUT2D eigenvalue weighted by molar-refractivity contribution is 7.43. The summed E-state index contributed by atoms with van der Waals surface area (Å²) in [4.78, 5) is 41.5. The van der Waals surface area contributed by atoms with E-state index in [-0.39, 0.29) is 0 Å². The summed E-state index contributed by atoms with van der Waals surface area (Å²) >= 11 is 0. The van der Waals surface area contributed by atoms with E-state index < -0.39 is 59.1 Å². The number of phosphoric acid groups is 2. The van der Waals surface area contributed by atoms with Crippen molar-refractivity contribution in [3.8, 4) is 0 Å². The topological polar surface area (TPSA) is 235 Å². The summed E-state index contributed by atoms with van der Waals surface area (Å²) < 4.78 is 32.9. The Kier molecular flexibility index (Phi) is 6.64. The minimum atomic E-state index is -5.65. The molecule has 1 heterocycles. The second-order valence-corrected chi connectivity index (χ2v) is 6.56. The number of rotatable bonds is 6. The van der Waals surface area contributed by atoms with Crippen LogP contribution in [0, 0.1) is 0 Å². The smallest absolute Gasteiger partial charge is 0.191 e. The van der Waals surface area contributed by atoms with Crippen molar-refractivity contribution in [2.24, 2.45) is 0 Å². The molecule has 15 heteroatoms. The van der Waals surface area contributed by atoms with E-state index in [1.807, 2.05) is 0 Å².